The van der Waals surface area contributed by atoms with E-state index in [0.29, 0.717) is 18.6 Å². The highest BCUT2D eigenvalue weighted by Crippen LogP contribution is 2.29. The van der Waals surface area contributed by atoms with Crippen molar-refractivity contribution in [2.75, 3.05) is 13.9 Å². The zero-order chi connectivity index (χ0) is 21.3. The Morgan fingerprint density at radius 3 is 2.33 bits per heavy atom. The zero-order valence-corrected chi connectivity index (χ0v) is 16.7. The molecule has 3 aromatic rings. The standard InChI is InChI=1S/C24H23NO5/c1-29-17-30-24-14-10-20(19-8-11-22(12-9-19)25(27)28)15-21(24)16-23(26)13-7-18-5-3-2-4-6-18/h2-6,8-12,14-15H,7,13,16-17H2,1H3. The van der Waals surface area contributed by atoms with Crippen LogP contribution in [0, 0.1) is 10.1 Å². The van der Waals surface area contributed by atoms with E-state index in [0.717, 1.165) is 22.3 Å². The van der Waals surface area contributed by atoms with E-state index < -0.39 is 4.92 Å². The molecule has 0 aliphatic heterocycles. The number of nitro benzene ring substituents is 1. The SMILES string of the molecule is COCOc1ccc(-c2ccc([N+](=O)[O-])cc2)cc1CC(=O)CCc1ccccc1. The van der Waals surface area contributed by atoms with Crippen molar-refractivity contribution in [2.45, 2.75) is 19.3 Å². The average Bonchev–Trinajstić information content (AvgIpc) is 2.77. The summed E-state index contributed by atoms with van der Waals surface area (Å²) in [4.78, 5) is 23.1. The first-order valence-corrected chi connectivity index (χ1v) is 9.62. The molecule has 0 N–H and O–H groups in total. The smallest absolute Gasteiger partial charge is 0.269 e. The summed E-state index contributed by atoms with van der Waals surface area (Å²) in [5, 5.41) is 10.9. The van der Waals surface area contributed by atoms with Crippen molar-refractivity contribution in [3.8, 4) is 16.9 Å². The first-order chi connectivity index (χ1) is 14.6. The van der Waals surface area contributed by atoms with Gasteiger partial charge < -0.3 is 9.47 Å². The molecule has 3 aromatic carbocycles. The third-order valence-electron chi connectivity index (χ3n) is 4.73. The molecule has 0 spiro atoms. The molecule has 0 bridgehead atoms. The first-order valence-electron chi connectivity index (χ1n) is 9.62. The summed E-state index contributed by atoms with van der Waals surface area (Å²) in [5.41, 5.74) is 3.62. The van der Waals surface area contributed by atoms with Gasteiger partial charge in [-0.25, -0.2) is 0 Å². The van der Waals surface area contributed by atoms with Gasteiger partial charge in [-0.1, -0.05) is 36.4 Å². The number of ether oxygens (including phenoxy) is 2. The molecule has 0 aliphatic carbocycles. The van der Waals surface area contributed by atoms with Gasteiger partial charge in [0.25, 0.3) is 5.69 Å². The summed E-state index contributed by atoms with van der Waals surface area (Å²) in [6, 6.07) is 21.8. The lowest BCUT2D eigenvalue weighted by atomic mass is 9.97. The average molecular weight is 405 g/mol. The molecule has 0 unspecified atom stereocenters. The molecule has 154 valence electrons. The van der Waals surface area contributed by atoms with Crippen molar-refractivity contribution in [1.82, 2.24) is 0 Å². The minimum absolute atomic E-state index is 0.0371. The van der Waals surface area contributed by atoms with Crippen molar-refractivity contribution in [2.24, 2.45) is 0 Å². The van der Waals surface area contributed by atoms with E-state index in [1.54, 1.807) is 18.2 Å². The third kappa shape index (κ3) is 5.75. The predicted octanol–water partition coefficient (Wildman–Crippen LogP) is 4.99. The van der Waals surface area contributed by atoms with Gasteiger partial charge in [0.05, 0.1) is 4.92 Å². The molecule has 0 fully saturated rings. The predicted molar refractivity (Wildman–Crippen MR) is 115 cm³/mol. The maximum absolute atomic E-state index is 12.6. The summed E-state index contributed by atoms with van der Waals surface area (Å²) < 4.78 is 10.6. The fourth-order valence-electron chi connectivity index (χ4n) is 3.17. The minimum atomic E-state index is -0.428. The molecule has 0 aromatic heterocycles. The maximum atomic E-state index is 12.6. The molecular weight excluding hydrogens is 382 g/mol. The fraction of sp³-hybridized carbons (Fsp3) is 0.208. The van der Waals surface area contributed by atoms with Crippen LogP contribution in [-0.2, 0) is 22.4 Å². The summed E-state index contributed by atoms with van der Waals surface area (Å²) in [6.45, 7) is 0.0854. The Morgan fingerprint density at radius 2 is 1.67 bits per heavy atom. The molecule has 0 saturated heterocycles. The molecule has 0 aliphatic rings. The number of nitrogens with zero attached hydrogens (tertiary/aromatic N) is 1. The molecule has 0 saturated carbocycles. The lowest BCUT2D eigenvalue weighted by Gasteiger charge is -2.13. The molecule has 3 rings (SSSR count). The molecule has 0 atom stereocenters. The van der Waals surface area contributed by atoms with Crippen LogP contribution in [-0.4, -0.2) is 24.6 Å². The Kier molecular flexibility index (Phi) is 7.29. The van der Waals surface area contributed by atoms with Crippen LogP contribution in [0.2, 0.25) is 0 Å². The number of ketones is 1. The van der Waals surface area contributed by atoms with Crippen molar-refractivity contribution < 1.29 is 19.2 Å². The number of rotatable bonds is 10. The van der Waals surface area contributed by atoms with E-state index in [1.807, 2.05) is 42.5 Å². The second kappa shape index (κ2) is 10.3. The third-order valence-corrected chi connectivity index (χ3v) is 4.73. The number of carbonyl (C=O) groups is 1. The lowest BCUT2D eigenvalue weighted by Crippen LogP contribution is -2.08. The number of hydrogen-bond donors (Lipinski definition) is 0. The molecule has 0 amide bonds. The van der Waals surface area contributed by atoms with Crippen molar-refractivity contribution in [3.63, 3.8) is 0 Å². The molecule has 6 heteroatoms. The van der Waals surface area contributed by atoms with Gasteiger partial charge in [-0.05, 0) is 47.4 Å². The summed E-state index contributed by atoms with van der Waals surface area (Å²) >= 11 is 0. The number of aryl methyl sites for hydroxylation is 1. The topological polar surface area (TPSA) is 78.7 Å². The van der Waals surface area contributed by atoms with Crippen LogP contribution in [0.4, 0.5) is 5.69 Å². The Morgan fingerprint density at radius 1 is 0.967 bits per heavy atom. The number of non-ortho nitro benzene ring substituents is 1. The maximum Gasteiger partial charge on any atom is 0.269 e. The summed E-state index contributed by atoms with van der Waals surface area (Å²) in [5.74, 6) is 0.706. The van der Waals surface area contributed by atoms with Gasteiger partial charge in [0.2, 0.25) is 0 Å². The van der Waals surface area contributed by atoms with Crippen molar-refractivity contribution >= 4 is 11.5 Å². The van der Waals surface area contributed by atoms with E-state index in [2.05, 4.69) is 0 Å². The van der Waals surface area contributed by atoms with E-state index in [1.165, 1.54) is 19.2 Å². The minimum Gasteiger partial charge on any atom is -0.467 e. The van der Waals surface area contributed by atoms with Gasteiger partial charge in [0.1, 0.15) is 11.5 Å². The van der Waals surface area contributed by atoms with Gasteiger partial charge >= 0.3 is 0 Å². The number of benzene rings is 3. The molecule has 30 heavy (non-hydrogen) atoms. The van der Waals surface area contributed by atoms with Crippen LogP contribution in [0.1, 0.15) is 17.5 Å². The Hall–Kier alpha value is -3.51. The number of nitro groups is 1. The monoisotopic (exact) mass is 405 g/mol. The van der Waals surface area contributed by atoms with E-state index >= 15 is 0 Å². The van der Waals surface area contributed by atoms with E-state index in [-0.39, 0.29) is 24.7 Å². The van der Waals surface area contributed by atoms with Crippen molar-refractivity contribution in [3.05, 3.63) is 94.0 Å². The highest BCUT2D eigenvalue weighted by molar-refractivity contribution is 5.82. The first kappa shape index (κ1) is 21.2. The summed E-state index contributed by atoms with van der Waals surface area (Å²) in [6.07, 6.45) is 1.37. The molecular formula is C24H23NO5. The fourth-order valence-corrected chi connectivity index (χ4v) is 3.17. The highest BCUT2D eigenvalue weighted by Gasteiger charge is 2.13. The van der Waals surface area contributed by atoms with Gasteiger partial charge in [0, 0.05) is 37.6 Å². The number of carbonyl (C=O) groups excluding carboxylic acids is 1. The number of hydrogen-bond acceptors (Lipinski definition) is 5. The molecule has 0 heterocycles. The lowest BCUT2D eigenvalue weighted by molar-refractivity contribution is -0.384. The second-order valence-electron chi connectivity index (χ2n) is 6.88. The van der Waals surface area contributed by atoms with Gasteiger partial charge in [-0.15, -0.1) is 0 Å². The quantitative estimate of drug-likeness (QED) is 0.270. The zero-order valence-electron chi connectivity index (χ0n) is 16.7. The van der Waals surface area contributed by atoms with Gasteiger partial charge in [0.15, 0.2) is 6.79 Å². The van der Waals surface area contributed by atoms with E-state index in [9.17, 15) is 14.9 Å². The number of Topliss-reactive ketones (excluding diaryl/α,β-unsaturated/α-hetero) is 1. The Bertz CT molecular complexity index is 1000. The van der Waals surface area contributed by atoms with Gasteiger partial charge in [-0.3, -0.25) is 14.9 Å². The van der Waals surface area contributed by atoms with Crippen LogP contribution in [0.25, 0.3) is 11.1 Å². The summed E-state index contributed by atoms with van der Waals surface area (Å²) in [7, 11) is 1.54. The highest BCUT2D eigenvalue weighted by atomic mass is 16.7. The second-order valence-corrected chi connectivity index (χ2v) is 6.88. The van der Waals surface area contributed by atoms with Gasteiger partial charge in [-0.2, -0.15) is 0 Å². The van der Waals surface area contributed by atoms with Crippen LogP contribution >= 0.6 is 0 Å². The van der Waals surface area contributed by atoms with Crippen LogP contribution in [0.5, 0.6) is 5.75 Å². The van der Waals surface area contributed by atoms with Crippen LogP contribution < -0.4 is 4.74 Å². The Balaban J connectivity index is 1.78. The van der Waals surface area contributed by atoms with Crippen LogP contribution in [0.15, 0.2) is 72.8 Å². The molecule has 6 nitrogen and oxygen atoms in total. The Labute approximate surface area is 175 Å². The largest absolute Gasteiger partial charge is 0.467 e. The number of methoxy groups -OCH3 is 1. The van der Waals surface area contributed by atoms with E-state index in [4.69, 9.17) is 9.47 Å². The van der Waals surface area contributed by atoms with Crippen molar-refractivity contribution in [1.29, 1.82) is 0 Å². The van der Waals surface area contributed by atoms with Crippen LogP contribution in [0.3, 0.4) is 0 Å². The molecule has 0 radical (unpaired) electrons. The normalized spacial score (nSPS) is 10.6.